The normalized spacial score (nSPS) is 11.5. The van der Waals surface area contributed by atoms with E-state index in [1.54, 1.807) is 18.2 Å². The summed E-state index contributed by atoms with van der Waals surface area (Å²) in [5.74, 6) is -2.07. The summed E-state index contributed by atoms with van der Waals surface area (Å²) in [6, 6.07) is 17.1. The number of aromatic nitrogens is 4. The molecule has 0 saturated carbocycles. The second kappa shape index (κ2) is 14.3. The van der Waals surface area contributed by atoms with Crippen LogP contribution in [0.3, 0.4) is 0 Å². The van der Waals surface area contributed by atoms with E-state index in [0.29, 0.717) is 17.0 Å². The molecule has 0 aliphatic heterocycles. The molecule has 2 heterocycles. The average molecular weight is 664 g/mol. The van der Waals surface area contributed by atoms with E-state index in [4.69, 9.17) is 27.9 Å². The number of benzene rings is 3. The lowest BCUT2D eigenvalue weighted by molar-refractivity contribution is -0.141. The molecule has 0 fully saturated rings. The van der Waals surface area contributed by atoms with Gasteiger partial charge in [0.15, 0.2) is 11.7 Å². The van der Waals surface area contributed by atoms with Crippen molar-refractivity contribution < 1.29 is 23.9 Å². The van der Waals surface area contributed by atoms with Crippen LogP contribution in [0.5, 0.6) is 0 Å². The van der Waals surface area contributed by atoms with Crippen molar-refractivity contribution in [2.24, 2.45) is 0 Å². The van der Waals surface area contributed by atoms with Crippen LogP contribution in [-0.2, 0) is 25.7 Å². The molecule has 11 nitrogen and oxygen atoms in total. The number of carbonyl (C=O) groups is 4. The SMILES string of the molecule is Cc1ccc(Cl)c(NC(=O)C(C(=O)Nc2cc(C=O)ccc2Cl)n2cnc3c(SCC(=O)OCc4ccccc4)ncnc32)c1. The fourth-order valence-corrected chi connectivity index (χ4v) is 5.32. The molecular formula is C31H24Cl2N6O5S. The molecule has 3 aromatic carbocycles. The number of ether oxygens (including phenoxy) is 1. The zero-order chi connectivity index (χ0) is 31.9. The Hall–Kier alpha value is -4.78. The summed E-state index contributed by atoms with van der Waals surface area (Å²) >= 11 is 13.7. The predicted octanol–water partition coefficient (Wildman–Crippen LogP) is 5.91. The molecule has 0 bridgehead atoms. The number of halogens is 2. The number of hydrogen-bond donors (Lipinski definition) is 2. The van der Waals surface area contributed by atoms with Crippen LogP contribution in [0.1, 0.15) is 27.5 Å². The number of nitrogens with one attached hydrogen (secondary N) is 2. The summed E-state index contributed by atoms with van der Waals surface area (Å²) in [5, 5.41) is 6.11. The number of rotatable bonds is 11. The molecule has 0 spiro atoms. The van der Waals surface area contributed by atoms with Gasteiger partial charge in [-0.05, 0) is 42.3 Å². The van der Waals surface area contributed by atoms with Crippen molar-refractivity contribution in [3.8, 4) is 0 Å². The van der Waals surface area contributed by atoms with Crippen molar-refractivity contribution in [2.45, 2.75) is 24.6 Å². The van der Waals surface area contributed by atoms with Crippen LogP contribution >= 0.6 is 35.0 Å². The molecule has 45 heavy (non-hydrogen) atoms. The van der Waals surface area contributed by atoms with Gasteiger partial charge in [-0.25, -0.2) is 15.0 Å². The molecule has 5 rings (SSSR count). The third-order valence-corrected chi connectivity index (χ3v) is 8.04. The third-order valence-electron chi connectivity index (χ3n) is 6.43. The van der Waals surface area contributed by atoms with Gasteiger partial charge in [0.25, 0.3) is 11.8 Å². The minimum atomic E-state index is -1.56. The number of nitrogens with zero attached hydrogens (tertiary/aromatic N) is 4. The van der Waals surface area contributed by atoms with E-state index < -0.39 is 23.8 Å². The highest BCUT2D eigenvalue weighted by molar-refractivity contribution is 8.00. The van der Waals surface area contributed by atoms with Crippen molar-refractivity contribution in [1.29, 1.82) is 0 Å². The number of aryl methyl sites for hydroxylation is 1. The Balaban J connectivity index is 1.43. The van der Waals surface area contributed by atoms with Crippen LogP contribution in [-0.4, -0.2) is 49.3 Å². The summed E-state index contributed by atoms with van der Waals surface area (Å²) in [6.45, 7) is 1.96. The largest absolute Gasteiger partial charge is 0.460 e. The molecule has 0 aliphatic rings. The molecule has 14 heteroatoms. The lowest BCUT2D eigenvalue weighted by Gasteiger charge is -2.19. The summed E-state index contributed by atoms with van der Waals surface area (Å²) in [4.78, 5) is 64.2. The maximum Gasteiger partial charge on any atom is 0.316 e. The summed E-state index contributed by atoms with van der Waals surface area (Å²) in [7, 11) is 0. The molecule has 0 radical (unpaired) electrons. The first kappa shape index (κ1) is 31.6. The molecule has 0 aliphatic carbocycles. The fraction of sp³-hybridized carbons (Fsp3) is 0.129. The second-order valence-corrected chi connectivity index (χ2v) is 11.4. The Morgan fingerprint density at radius 3 is 2.33 bits per heavy atom. The fourth-order valence-electron chi connectivity index (χ4n) is 4.25. The van der Waals surface area contributed by atoms with E-state index in [2.05, 4.69) is 25.6 Å². The van der Waals surface area contributed by atoms with E-state index >= 15 is 0 Å². The highest BCUT2D eigenvalue weighted by Gasteiger charge is 2.32. The topological polar surface area (TPSA) is 145 Å². The average Bonchev–Trinajstić information content (AvgIpc) is 3.46. The van der Waals surface area contributed by atoms with Gasteiger partial charge < -0.3 is 15.4 Å². The van der Waals surface area contributed by atoms with Crippen molar-refractivity contribution in [2.75, 3.05) is 16.4 Å². The monoisotopic (exact) mass is 662 g/mol. The predicted molar refractivity (Wildman–Crippen MR) is 172 cm³/mol. The minimum absolute atomic E-state index is 0.0619. The molecule has 2 amide bonds. The second-order valence-electron chi connectivity index (χ2n) is 9.66. The molecule has 0 saturated heterocycles. The Morgan fingerprint density at radius 2 is 1.62 bits per heavy atom. The van der Waals surface area contributed by atoms with Crippen LogP contribution in [0.2, 0.25) is 10.0 Å². The quantitative estimate of drug-likeness (QED) is 0.0579. The number of imidazole rings is 1. The third kappa shape index (κ3) is 7.66. The van der Waals surface area contributed by atoms with E-state index in [1.165, 1.54) is 35.4 Å². The molecule has 2 aromatic heterocycles. The van der Waals surface area contributed by atoms with E-state index in [-0.39, 0.29) is 44.8 Å². The number of hydrogen-bond acceptors (Lipinski definition) is 9. The molecule has 1 unspecified atom stereocenters. The van der Waals surface area contributed by atoms with Gasteiger partial charge in [0, 0.05) is 5.56 Å². The van der Waals surface area contributed by atoms with Crippen LogP contribution in [0.15, 0.2) is 84.4 Å². The first-order chi connectivity index (χ1) is 21.7. The van der Waals surface area contributed by atoms with Crippen molar-refractivity contribution in [3.05, 3.63) is 106 Å². The van der Waals surface area contributed by atoms with E-state index in [1.807, 2.05) is 37.3 Å². The van der Waals surface area contributed by atoms with Gasteiger partial charge >= 0.3 is 5.97 Å². The molecule has 1 atom stereocenters. The van der Waals surface area contributed by atoms with Crippen LogP contribution in [0.4, 0.5) is 11.4 Å². The maximum absolute atomic E-state index is 13.8. The zero-order valence-corrected chi connectivity index (χ0v) is 25.9. The Kier molecular flexibility index (Phi) is 10.1. The number of anilines is 2. The number of carbonyl (C=O) groups excluding carboxylic acids is 4. The highest BCUT2D eigenvalue weighted by Crippen LogP contribution is 2.29. The first-order valence-corrected chi connectivity index (χ1v) is 15.1. The van der Waals surface area contributed by atoms with Gasteiger partial charge in [-0.15, -0.1) is 0 Å². The Morgan fingerprint density at radius 1 is 0.933 bits per heavy atom. The van der Waals surface area contributed by atoms with Gasteiger partial charge in [-0.1, -0.05) is 77.4 Å². The summed E-state index contributed by atoms with van der Waals surface area (Å²) in [5.41, 5.74) is 2.80. The van der Waals surface area contributed by atoms with Gasteiger partial charge in [-0.3, -0.25) is 23.7 Å². The van der Waals surface area contributed by atoms with Crippen LogP contribution in [0, 0.1) is 6.92 Å². The summed E-state index contributed by atoms with van der Waals surface area (Å²) in [6.07, 6.45) is 3.13. The Labute approximate surface area is 271 Å². The van der Waals surface area contributed by atoms with E-state index in [9.17, 15) is 19.2 Å². The summed E-state index contributed by atoms with van der Waals surface area (Å²) < 4.78 is 6.63. The highest BCUT2D eigenvalue weighted by atomic mass is 35.5. The van der Waals surface area contributed by atoms with Crippen molar-refractivity contribution in [3.63, 3.8) is 0 Å². The van der Waals surface area contributed by atoms with Gasteiger partial charge in [0.1, 0.15) is 29.8 Å². The van der Waals surface area contributed by atoms with Gasteiger partial charge in [-0.2, -0.15) is 0 Å². The minimum Gasteiger partial charge on any atom is -0.460 e. The van der Waals surface area contributed by atoms with Crippen molar-refractivity contribution in [1.82, 2.24) is 19.5 Å². The number of amides is 2. The molecule has 2 N–H and O–H groups in total. The molecule has 5 aromatic rings. The smallest absolute Gasteiger partial charge is 0.316 e. The van der Waals surface area contributed by atoms with Crippen molar-refractivity contribution >= 4 is 81.6 Å². The van der Waals surface area contributed by atoms with Crippen LogP contribution in [0.25, 0.3) is 11.2 Å². The Bertz CT molecular complexity index is 1900. The maximum atomic E-state index is 13.8. The standard InChI is InChI=1S/C31H24Cl2N6O5S/c1-18-7-9-21(32)23(11-18)37-29(42)27(30(43)38-24-12-20(13-40)8-10-22(24)33)39-17-36-26-28(39)34-16-35-31(26)45-15-25(41)44-14-19-5-3-2-4-6-19/h2-13,16-17,27H,14-15H2,1H3,(H,37,42)(H,38,43). The van der Waals surface area contributed by atoms with E-state index in [0.717, 1.165) is 22.9 Å². The van der Waals surface area contributed by atoms with Gasteiger partial charge in [0.05, 0.1) is 33.5 Å². The lowest BCUT2D eigenvalue weighted by atomic mass is 10.1. The number of thioether (sulfide) groups is 1. The zero-order valence-electron chi connectivity index (χ0n) is 23.6. The number of esters is 1. The molecular weight excluding hydrogens is 639 g/mol. The first-order valence-electron chi connectivity index (χ1n) is 13.4. The lowest BCUT2D eigenvalue weighted by Crippen LogP contribution is -2.36. The number of fused-ring (bicyclic) bond motifs is 1. The number of aldehydes is 1. The molecule has 228 valence electrons. The van der Waals surface area contributed by atoms with Gasteiger partial charge in [0.2, 0.25) is 0 Å². The van der Waals surface area contributed by atoms with Crippen LogP contribution < -0.4 is 10.6 Å².